The number of methoxy groups -OCH3 is 4. The van der Waals surface area contributed by atoms with E-state index in [0.29, 0.717) is 75.0 Å². The SMILES string of the molecule is C.C.C=CC(=O)CCc1cc2c(cn1)cc(-c1c(Cl)c(OC)cc(OC)c1Cl)c(=O)n2C.C=CC(=O)Cl.COc1cc(OC)c(Cl)c(-c2cc3cnc(CN)cc3n(C)c2=O)c1Cl. The number of pyridine rings is 4. The Morgan fingerprint density at radius 3 is 1.32 bits per heavy atom. The molecule has 18 heteroatoms. The van der Waals surface area contributed by atoms with E-state index in [1.807, 2.05) is 0 Å². The third-order valence-corrected chi connectivity index (χ3v) is 10.9. The lowest BCUT2D eigenvalue weighted by atomic mass is 10.0. The number of aryl methyl sites for hydroxylation is 3. The van der Waals surface area contributed by atoms with Crippen LogP contribution in [0.5, 0.6) is 23.0 Å². The number of rotatable bonds is 12. The molecule has 0 radical (unpaired) electrons. The number of ether oxygens (including phenoxy) is 4. The number of aromatic nitrogens is 4. The van der Waals surface area contributed by atoms with Crippen LogP contribution >= 0.6 is 58.0 Å². The number of hydrogen-bond donors (Lipinski definition) is 1. The van der Waals surface area contributed by atoms with Crippen molar-refractivity contribution < 1.29 is 28.5 Å². The highest BCUT2D eigenvalue weighted by Gasteiger charge is 2.24. The zero-order valence-electron chi connectivity index (χ0n) is 33.8. The van der Waals surface area contributed by atoms with Crippen LogP contribution in [-0.4, -0.2) is 58.6 Å². The van der Waals surface area contributed by atoms with Gasteiger partial charge in [0.15, 0.2) is 5.78 Å². The van der Waals surface area contributed by atoms with Gasteiger partial charge in [0, 0.05) is 79.2 Å². The third kappa shape index (κ3) is 11.8. The summed E-state index contributed by atoms with van der Waals surface area (Å²) in [7, 11) is 9.24. The Balaban J connectivity index is 0.000000383. The smallest absolute Gasteiger partial charge is 0.258 e. The van der Waals surface area contributed by atoms with E-state index < -0.39 is 5.24 Å². The van der Waals surface area contributed by atoms with Crippen molar-refractivity contribution in [3.8, 4) is 45.3 Å². The lowest BCUT2D eigenvalue weighted by Gasteiger charge is -2.16. The molecule has 0 spiro atoms. The van der Waals surface area contributed by atoms with Crippen LogP contribution in [0.25, 0.3) is 44.1 Å². The molecule has 6 rings (SSSR count). The molecule has 4 aromatic heterocycles. The minimum atomic E-state index is -0.509. The number of nitrogens with two attached hydrogens (primary N) is 1. The summed E-state index contributed by atoms with van der Waals surface area (Å²) in [5, 5.41) is 1.88. The zero-order chi connectivity index (χ0) is 45.3. The minimum absolute atomic E-state index is 0. The maximum atomic E-state index is 13.2. The molecule has 336 valence electrons. The number of halogens is 5. The molecule has 0 aliphatic heterocycles. The predicted molar refractivity (Wildman–Crippen MR) is 257 cm³/mol. The van der Waals surface area contributed by atoms with Crippen molar-refractivity contribution in [1.82, 2.24) is 19.1 Å². The van der Waals surface area contributed by atoms with Crippen molar-refractivity contribution in [2.45, 2.75) is 34.2 Å². The van der Waals surface area contributed by atoms with Crippen LogP contribution in [-0.2, 0) is 36.6 Å². The highest BCUT2D eigenvalue weighted by molar-refractivity contribution is 6.66. The number of ketones is 1. The predicted octanol–water partition coefficient (Wildman–Crippen LogP) is 10.2. The Morgan fingerprint density at radius 1 is 0.651 bits per heavy atom. The first-order chi connectivity index (χ1) is 29.0. The van der Waals surface area contributed by atoms with Gasteiger partial charge in [-0.1, -0.05) is 74.4 Å². The second-order valence-corrected chi connectivity index (χ2v) is 14.6. The van der Waals surface area contributed by atoms with E-state index in [-0.39, 0.29) is 58.4 Å². The number of nitrogens with zero attached hydrogens (tertiary/aromatic N) is 4. The zero-order valence-corrected chi connectivity index (χ0v) is 37.6. The second kappa shape index (κ2) is 23.9. The van der Waals surface area contributed by atoms with Crippen LogP contribution in [0.3, 0.4) is 0 Å². The van der Waals surface area contributed by atoms with Crippen molar-refractivity contribution in [3.05, 3.63) is 126 Å². The first-order valence-corrected chi connectivity index (χ1v) is 19.8. The molecule has 2 aromatic carbocycles. The number of allylic oxidation sites excluding steroid dienone is 2. The molecule has 63 heavy (non-hydrogen) atoms. The summed E-state index contributed by atoms with van der Waals surface area (Å²) in [5.74, 6) is 1.35. The molecule has 13 nitrogen and oxygen atoms in total. The van der Waals surface area contributed by atoms with Gasteiger partial charge in [0.1, 0.15) is 23.0 Å². The molecule has 6 aromatic rings. The Kier molecular flexibility index (Phi) is 20.4. The molecule has 4 heterocycles. The maximum Gasteiger partial charge on any atom is 0.258 e. The normalized spacial score (nSPS) is 10.2. The topological polar surface area (TPSA) is 167 Å². The highest BCUT2D eigenvalue weighted by atomic mass is 35.5. The second-order valence-electron chi connectivity index (χ2n) is 12.8. The Labute approximate surface area is 390 Å². The van der Waals surface area contributed by atoms with Gasteiger partial charge in [-0.2, -0.15) is 0 Å². The van der Waals surface area contributed by atoms with Gasteiger partial charge in [0.05, 0.1) is 76.4 Å². The van der Waals surface area contributed by atoms with E-state index in [1.54, 1.807) is 62.9 Å². The van der Waals surface area contributed by atoms with Gasteiger partial charge in [0.2, 0.25) is 5.24 Å². The number of hydrogen-bond acceptors (Lipinski definition) is 11. The van der Waals surface area contributed by atoms with Gasteiger partial charge in [-0.3, -0.25) is 29.1 Å². The molecular weight excluding hydrogens is 916 g/mol. The van der Waals surface area contributed by atoms with Gasteiger partial charge in [0.25, 0.3) is 11.1 Å². The standard InChI is InChI=1S/C22H20Cl2N2O4.C18H17Cl2N3O3.C3H3ClO.2CH4/c1-5-14(27)7-6-13-9-16-12(11-25-13)8-15(22(28)26(16)2)19-20(23)17(29-3)10-18(30-4)21(19)24;1-23-12-5-10(7-21)22-8-9(12)4-11(18(23)24)15-16(19)13(25-2)6-14(26-3)17(15)20;1-2-3(4)5;;/h5,8-11H,1,6-7H2,2-4H3;4-6,8H,7,21H2,1-3H3;2H,1H2;2*1H4. The molecule has 0 amide bonds. The average Bonchev–Trinajstić information content (AvgIpc) is 3.26. The summed E-state index contributed by atoms with van der Waals surface area (Å²) in [6, 6.07) is 10.1. The molecule has 2 N–H and O–H groups in total. The summed E-state index contributed by atoms with van der Waals surface area (Å²) in [5.41, 5.74) is 9.21. The lowest BCUT2D eigenvalue weighted by Crippen LogP contribution is -2.19. The fourth-order valence-corrected chi connectivity index (χ4v) is 7.42. The first kappa shape index (κ1) is 53.7. The molecular formula is C45H48Cl5N5O8. The monoisotopic (exact) mass is 961 g/mol. The van der Waals surface area contributed by atoms with Crippen LogP contribution in [0.4, 0.5) is 0 Å². The average molecular weight is 964 g/mol. The summed E-state index contributed by atoms with van der Waals surface area (Å²) in [4.78, 5) is 55.8. The quantitative estimate of drug-likeness (QED) is 0.0916. The van der Waals surface area contributed by atoms with Gasteiger partial charge >= 0.3 is 0 Å². The van der Waals surface area contributed by atoms with Crippen LogP contribution in [0.15, 0.2) is 83.7 Å². The fraction of sp³-hybridized carbons (Fsp3) is 0.244. The first-order valence-electron chi connectivity index (χ1n) is 17.9. The number of carbonyl (C=O) groups is 2. The van der Waals surface area contributed by atoms with Gasteiger partial charge < -0.3 is 33.8 Å². The van der Waals surface area contributed by atoms with E-state index in [2.05, 4.69) is 23.1 Å². The van der Waals surface area contributed by atoms with Crippen molar-refractivity contribution in [2.75, 3.05) is 28.4 Å². The summed E-state index contributed by atoms with van der Waals surface area (Å²) >= 11 is 30.6. The maximum absolute atomic E-state index is 13.2. The minimum Gasteiger partial charge on any atom is -0.495 e. The van der Waals surface area contributed by atoms with Crippen LogP contribution < -0.4 is 35.8 Å². The molecule has 0 saturated carbocycles. The third-order valence-electron chi connectivity index (χ3n) is 9.24. The molecule has 0 fully saturated rings. The Morgan fingerprint density at radius 2 is 1.00 bits per heavy atom. The lowest BCUT2D eigenvalue weighted by molar-refractivity contribution is -0.114. The van der Waals surface area contributed by atoms with E-state index in [9.17, 15) is 19.2 Å². The van der Waals surface area contributed by atoms with Gasteiger partial charge in [-0.25, -0.2) is 0 Å². The van der Waals surface area contributed by atoms with E-state index in [4.69, 9.17) is 82.7 Å². The van der Waals surface area contributed by atoms with Crippen LogP contribution in [0.1, 0.15) is 32.7 Å². The van der Waals surface area contributed by atoms with Crippen molar-refractivity contribution in [3.63, 3.8) is 0 Å². The number of fused-ring (bicyclic) bond motifs is 2. The number of carbonyl (C=O) groups excluding carboxylic acids is 2. The highest BCUT2D eigenvalue weighted by Crippen LogP contribution is 2.46. The van der Waals surface area contributed by atoms with Crippen molar-refractivity contribution in [2.24, 2.45) is 19.8 Å². The van der Waals surface area contributed by atoms with E-state index in [0.717, 1.165) is 22.4 Å². The number of benzene rings is 2. The molecule has 0 atom stereocenters. The van der Waals surface area contributed by atoms with Gasteiger partial charge in [-0.05, 0) is 54.4 Å². The molecule has 0 aliphatic carbocycles. The van der Waals surface area contributed by atoms with Crippen molar-refractivity contribution >= 4 is 90.8 Å². The summed E-state index contributed by atoms with van der Waals surface area (Å²) in [6.45, 7) is 6.84. The molecule has 0 aliphatic rings. The Bertz CT molecular complexity index is 2750. The molecule has 0 unspecified atom stereocenters. The Hall–Kier alpha value is -5.41. The summed E-state index contributed by atoms with van der Waals surface area (Å²) < 4.78 is 24.2. The van der Waals surface area contributed by atoms with Crippen LogP contribution in [0.2, 0.25) is 20.1 Å². The fourth-order valence-electron chi connectivity index (χ4n) is 6.02. The van der Waals surface area contributed by atoms with E-state index >= 15 is 0 Å². The molecule has 0 saturated heterocycles. The summed E-state index contributed by atoms with van der Waals surface area (Å²) in [6.07, 6.45) is 6.43. The largest absolute Gasteiger partial charge is 0.495 e. The van der Waals surface area contributed by atoms with Crippen molar-refractivity contribution in [1.29, 1.82) is 0 Å². The van der Waals surface area contributed by atoms with E-state index in [1.165, 1.54) is 43.6 Å². The van der Waals surface area contributed by atoms with Crippen LogP contribution in [0, 0.1) is 0 Å². The molecule has 0 bridgehead atoms. The van der Waals surface area contributed by atoms with Gasteiger partial charge in [-0.15, -0.1) is 0 Å².